The maximum absolute atomic E-state index is 8.53. The molecular formula is C10H9N5. The smallest absolute Gasteiger partial charge is 0.169 e. The number of hydrogen-bond donors (Lipinski definition) is 2. The third-order valence-electron chi connectivity index (χ3n) is 1.70. The van der Waals surface area contributed by atoms with Gasteiger partial charge in [-0.25, -0.2) is 0 Å². The minimum Gasteiger partial charge on any atom is -0.384 e. The zero-order chi connectivity index (χ0) is 11.1. The van der Waals surface area contributed by atoms with Crippen molar-refractivity contribution < 1.29 is 0 Å². The van der Waals surface area contributed by atoms with Gasteiger partial charge in [0.05, 0.1) is 0 Å². The first-order valence-electron chi connectivity index (χ1n) is 4.20. The Morgan fingerprint density at radius 3 is 2.73 bits per heavy atom. The number of hydrogen-bond acceptors (Lipinski definition) is 5. The number of allylic oxidation sites excluding steroid dienone is 1. The average molecular weight is 199 g/mol. The molecule has 0 aliphatic carbocycles. The van der Waals surface area contributed by atoms with Gasteiger partial charge >= 0.3 is 0 Å². The highest BCUT2D eigenvalue weighted by atomic mass is 15.0. The van der Waals surface area contributed by atoms with Gasteiger partial charge in [0.15, 0.2) is 5.57 Å². The van der Waals surface area contributed by atoms with Crippen LogP contribution >= 0.6 is 0 Å². The van der Waals surface area contributed by atoms with Crippen molar-refractivity contribution in [2.75, 3.05) is 0 Å². The molecule has 0 aromatic carbocycles. The van der Waals surface area contributed by atoms with Crippen molar-refractivity contribution in [3.05, 3.63) is 41.5 Å². The molecule has 0 radical (unpaired) electrons. The van der Waals surface area contributed by atoms with Crippen LogP contribution in [0.4, 0.5) is 0 Å². The second-order valence-electron chi connectivity index (χ2n) is 2.73. The number of rotatable bonds is 3. The van der Waals surface area contributed by atoms with E-state index in [-0.39, 0.29) is 11.4 Å². The average Bonchev–Trinajstić information content (AvgIpc) is 2.29. The van der Waals surface area contributed by atoms with Crippen LogP contribution in [0.5, 0.6) is 0 Å². The fourth-order valence-corrected chi connectivity index (χ4v) is 0.934. The Bertz CT molecular complexity index is 419. The summed E-state index contributed by atoms with van der Waals surface area (Å²) >= 11 is 0. The van der Waals surface area contributed by atoms with Gasteiger partial charge in [-0.15, -0.1) is 0 Å². The predicted octanol–water partition coefficient (Wildman–Crippen LogP) is 0.389. The molecule has 0 fully saturated rings. The summed E-state index contributed by atoms with van der Waals surface area (Å²) in [4.78, 5) is 3.92. The Hall–Kier alpha value is -2.53. The molecule has 0 saturated carbocycles. The molecule has 3 N–H and O–H groups in total. The fourth-order valence-electron chi connectivity index (χ4n) is 0.934. The van der Waals surface area contributed by atoms with Crippen LogP contribution in [0.25, 0.3) is 0 Å². The molecule has 0 bridgehead atoms. The van der Waals surface area contributed by atoms with Gasteiger partial charge in [0.1, 0.15) is 18.0 Å². The Balaban J connectivity index is 2.64. The summed E-state index contributed by atoms with van der Waals surface area (Å²) in [5.41, 5.74) is 6.30. The van der Waals surface area contributed by atoms with Gasteiger partial charge < -0.3 is 11.1 Å². The number of nitrogens with one attached hydrogen (secondary N) is 1. The molecule has 1 aromatic heterocycles. The van der Waals surface area contributed by atoms with E-state index in [9.17, 15) is 0 Å². The second-order valence-corrected chi connectivity index (χ2v) is 2.73. The largest absolute Gasteiger partial charge is 0.384 e. The third-order valence-corrected chi connectivity index (χ3v) is 1.70. The van der Waals surface area contributed by atoms with Crippen molar-refractivity contribution in [2.24, 2.45) is 5.73 Å². The van der Waals surface area contributed by atoms with Gasteiger partial charge in [-0.1, -0.05) is 6.07 Å². The Morgan fingerprint density at radius 1 is 1.47 bits per heavy atom. The van der Waals surface area contributed by atoms with Gasteiger partial charge in [0.25, 0.3) is 0 Å². The molecule has 0 aliphatic heterocycles. The molecule has 74 valence electrons. The predicted molar refractivity (Wildman–Crippen MR) is 53.5 cm³/mol. The second kappa shape index (κ2) is 5.25. The van der Waals surface area contributed by atoms with E-state index in [0.717, 1.165) is 5.56 Å². The van der Waals surface area contributed by atoms with Gasteiger partial charge in [0, 0.05) is 18.9 Å². The van der Waals surface area contributed by atoms with Crippen molar-refractivity contribution in [3.63, 3.8) is 0 Å². The highest BCUT2D eigenvalue weighted by Gasteiger charge is 2.00. The molecule has 1 heterocycles. The molecule has 1 aromatic rings. The van der Waals surface area contributed by atoms with Crippen molar-refractivity contribution in [2.45, 2.75) is 6.54 Å². The quantitative estimate of drug-likeness (QED) is 0.686. The molecule has 1 rings (SSSR count). The Morgan fingerprint density at radius 2 is 2.20 bits per heavy atom. The summed E-state index contributed by atoms with van der Waals surface area (Å²) in [7, 11) is 0. The van der Waals surface area contributed by atoms with E-state index < -0.39 is 0 Å². The summed E-state index contributed by atoms with van der Waals surface area (Å²) in [6.45, 7) is 0.437. The summed E-state index contributed by atoms with van der Waals surface area (Å²) in [5, 5.41) is 19.8. The van der Waals surface area contributed by atoms with E-state index in [1.54, 1.807) is 30.6 Å². The van der Waals surface area contributed by atoms with Crippen molar-refractivity contribution in [3.8, 4) is 12.1 Å². The molecular weight excluding hydrogens is 190 g/mol. The van der Waals surface area contributed by atoms with E-state index in [1.807, 2.05) is 6.07 Å². The van der Waals surface area contributed by atoms with Crippen LogP contribution in [0, 0.1) is 22.7 Å². The highest BCUT2D eigenvalue weighted by molar-refractivity contribution is 5.38. The van der Waals surface area contributed by atoms with Gasteiger partial charge in [-0.2, -0.15) is 10.5 Å². The fraction of sp³-hybridized carbons (Fsp3) is 0.100. The van der Waals surface area contributed by atoms with Crippen molar-refractivity contribution in [1.82, 2.24) is 10.3 Å². The minimum absolute atomic E-state index is 0.0869. The summed E-state index contributed by atoms with van der Waals surface area (Å²) in [6, 6.07) is 7.07. The number of nitrogens with two attached hydrogens (primary N) is 1. The van der Waals surface area contributed by atoms with Crippen LogP contribution in [0.15, 0.2) is 35.9 Å². The molecule has 5 heteroatoms. The van der Waals surface area contributed by atoms with E-state index in [2.05, 4.69) is 10.3 Å². The number of nitrogens with zero attached hydrogens (tertiary/aromatic N) is 3. The van der Waals surface area contributed by atoms with Crippen LogP contribution < -0.4 is 11.1 Å². The van der Waals surface area contributed by atoms with Crippen LogP contribution in [0.3, 0.4) is 0 Å². The summed E-state index contributed by atoms with van der Waals surface area (Å²) in [5.74, 6) is 0.0869. The molecule has 0 aliphatic rings. The normalized spacial score (nSPS) is 8.40. The zero-order valence-electron chi connectivity index (χ0n) is 7.94. The van der Waals surface area contributed by atoms with Crippen LogP contribution in [0.1, 0.15) is 5.56 Å². The molecule has 0 amide bonds. The first-order valence-corrected chi connectivity index (χ1v) is 4.20. The maximum atomic E-state index is 8.53. The van der Waals surface area contributed by atoms with Crippen LogP contribution in [0.2, 0.25) is 0 Å². The number of aromatic nitrogens is 1. The van der Waals surface area contributed by atoms with Crippen LogP contribution in [-0.4, -0.2) is 4.98 Å². The molecule has 0 atom stereocenters. The zero-order valence-corrected chi connectivity index (χ0v) is 7.94. The molecule has 15 heavy (non-hydrogen) atoms. The van der Waals surface area contributed by atoms with E-state index in [4.69, 9.17) is 16.3 Å². The topological polar surface area (TPSA) is 98.5 Å². The number of pyridine rings is 1. The lowest BCUT2D eigenvalue weighted by Gasteiger charge is -2.05. The van der Waals surface area contributed by atoms with Crippen LogP contribution in [-0.2, 0) is 6.54 Å². The SMILES string of the molecule is N#CC(C#N)=C(N)NCc1cccnc1. The maximum Gasteiger partial charge on any atom is 0.169 e. The Kier molecular flexibility index (Phi) is 3.70. The van der Waals surface area contributed by atoms with Crippen molar-refractivity contribution in [1.29, 1.82) is 10.5 Å². The van der Waals surface area contributed by atoms with E-state index in [1.165, 1.54) is 0 Å². The first kappa shape index (κ1) is 10.6. The molecule has 5 nitrogen and oxygen atoms in total. The highest BCUT2D eigenvalue weighted by Crippen LogP contribution is 1.97. The first-order chi connectivity index (χ1) is 7.27. The van der Waals surface area contributed by atoms with E-state index in [0.29, 0.717) is 6.54 Å². The van der Waals surface area contributed by atoms with E-state index >= 15 is 0 Å². The lowest BCUT2D eigenvalue weighted by Crippen LogP contribution is -2.21. The third kappa shape index (κ3) is 3.02. The van der Waals surface area contributed by atoms with Gasteiger partial charge in [-0.05, 0) is 11.6 Å². The molecule has 0 unspecified atom stereocenters. The standard InChI is InChI=1S/C10H9N5/c11-4-9(5-12)10(13)15-7-8-2-1-3-14-6-8/h1-3,6,15H,7,13H2. The number of nitriles is 2. The summed E-state index contributed by atoms with van der Waals surface area (Å²) < 4.78 is 0. The summed E-state index contributed by atoms with van der Waals surface area (Å²) in [6.07, 6.45) is 3.34. The van der Waals surface area contributed by atoms with Gasteiger partial charge in [0.2, 0.25) is 0 Å². The minimum atomic E-state index is -0.112. The van der Waals surface area contributed by atoms with Gasteiger partial charge in [-0.3, -0.25) is 4.98 Å². The lowest BCUT2D eigenvalue weighted by atomic mass is 10.2. The molecule has 0 saturated heterocycles. The van der Waals surface area contributed by atoms with Crippen molar-refractivity contribution >= 4 is 0 Å². The molecule has 0 spiro atoms. The Labute approximate surface area is 87.5 Å². The lowest BCUT2D eigenvalue weighted by molar-refractivity contribution is 0.791. The monoisotopic (exact) mass is 199 g/mol.